The van der Waals surface area contributed by atoms with Gasteiger partial charge in [0, 0.05) is 11.6 Å². The maximum Gasteiger partial charge on any atom is 0.416 e. The number of hydrogen-bond donors (Lipinski definition) is 0. The molecule has 0 amide bonds. The highest BCUT2D eigenvalue weighted by Crippen LogP contribution is 2.59. The summed E-state index contributed by atoms with van der Waals surface area (Å²) in [6.45, 7) is 0.937. The first kappa shape index (κ1) is 23.3. The average molecular weight is 484 g/mol. The zero-order chi connectivity index (χ0) is 24.0. The summed E-state index contributed by atoms with van der Waals surface area (Å²) in [6, 6.07) is 12.7. The molecule has 0 radical (unpaired) electrons. The lowest BCUT2D eigenvalue weighted by Gasteiger charge is -2.17. The van der Waals surface area contributed by atoms with Gasteiger partial charge in [-0.3, -0.25) is 4.18 Å². The topological polar surface area (TPSA) is 55.9 Å². The van der Waals surface area contributed by atoms with Gasteiger partial charge in [-0.25, -0.2) is 8.78 Å². The number of alkyl halides is 3. The number of benzene rings is 3. The molecule has 1 aliphatic heterocycles. The molecule has 2 unspecified atom stereocenters. The first-order chi connectivity index (χ1) is 15.4. The van der Waals surface area contributed by atoms with Gasteiger partial charge < -0.3 is 4.74 Å². The SMILES string of the molecule is Cc1ccc(S(=O)(=O)OCC2(c3ccc(F)cc3F)OC2c2ccccc2C(F)(F)F)cc1. The van der Waals surface area contributed by atoms with Gasteiger partial charge in [-0.2, -0.15) is 21.6 Å². The molecule has 0 spiro atoms. The lowest BCUT2D eigenvalue weighted by atomic mass is 9.90. The summed E-state index contributed by atoms with van der Waals surface area (Å²) in [5.41, 5.74) is -2.75. The van der Waals surface area contributed by atoms with Gasteiger partial charge in [0.15, 0.2) is 5.60 Å². The summed E-state index contributed by atoms with van der Waals surface area (Å²) in [4.78, 5) is -0.185. The van der Waals surface area contributed by atoms with Crippen molar-refractivity contribution in [3.8, 4) is 0 Å². The fourth-order valence-corrected chi connectivity index (χ4v) is 4.57. The van der Waals surface area contributed by atoms with Crippen LogP contribution in [0.3, 0.4) is 0 Å². The van der Waals surface area contributed by atoms with Gasteiger partial charge in [-0.05, 0) is 36.8 Å². The highest BCUT2D eigenvalue weighted by molar-refractivity contribution is 7.86. The van der Waals surface area contributed by atoms with E-state index in [2.05, 4.69) is 0 Å². The number of rotatable bonds is 6. The van der Waals surface area contributed by atoms with E-state index >= 15 is 0 Å². The van der Waals surface area contributed by atoms with Crippen molar-refractivity contribution >= 4 is 10.1 Å². The summed E-state index contributed by atoms with van der Waals surface area (Å²) in [7, 11) is -4.34. The van der Waals surface area contributed by atoms with Crippen molar-refractivity contribution in [2.45, 2.75) is 29.7 Å². The van der Waals surface area contributed by atoms with Crippen molar-refractivity contribution in [3.05, 3.63) is 101 Å². The van der Waals surface area contributed by atoms with Crippen molar-refractivity contribution < 1.29 is 39.3 Å². The predicted molar refractivity (Wildman–Crippen MR) is 108 cm³/mol. The first-order valence-corrected chi connectivity index (χ1v) is 11.1. The minimum absolute atomic E-state index is 0.185. The second-order valence-corrected chi connectivity index (χ2v) is 9.24. The van der Waals surface area contributed by atoms with E-state index in [-0.39, 0.29) is 16.0 Å². The fraction of sp³-hybridized carbons (Fsp3) is 0.217. The molecule has 3 aromatic carbocycles. The molecule has 2 atom stereocenters. The average Bonchev–Trinajstić information content (AvgIpc) is 3.47. The molecule has 0 aliphatic carbocycles. The molecule has 0 saturated carbocycles. The van der Waals surface area contributed by atoms with Gasteiger partial charge in [-0.15, -0.1) is 0 Å². The quantitative estimate of drug-likeness (QED) is 0.257. The van der Waals surface area contributed by atoms with E-state index in [1.54, 1.807) is 19.1 Å². The molecule has 33 heavy (non-hydrogen) atoms. The molecule has 4 rings (SSSR count). The Morgan fingerprint density at radius 3 is 2.30 bits per heavy atom. The summed E-state index contributed by atoms with van der Waals surface area (Å²) in [6.07, 6.45) is -6.10. The third kappa shape index (κ3) is 4.50. The predicted octanol–water partition coefficient (Wildman–Crippen LogP) is 5.66. The van der Waals surface area contributed by atoms with E-state index in [4.69, 9.17) is 8.92 Å². The second kappa shape index (κ2) is 8.19. The zero-order valence-electron chi connectivity index (χ0n) is 17.1. The van der Waals surface area contributed by atoms with Crippen LogP contribution in [0.5, 0.6) is 0 Å². The minimum Gasteiger partial charge on any atom is -0.353 e. The highest BCUT2D eigenvalue weighted by atomic mass is 32.2. The molecule has 1 fully saturated rings. The molecule has 4 nitrogen and oxygen atoms in total. The summed E-state index contributed by atoms with van der Waals surface area (Å²) in [5, 5.41) is 0. The van der Waals surface area contributed by atoms with E-state index in [1.165, 1.54) is 24.3 Å². The van der Waals surface area contributed by atoms with Crippen LogP contribution in [0.2, 0.25) is 0 Å². The summed E-state index contributed by atoms with van der Waals surface area (Å²) >= 11 is 0. The maximum atomic E-state index is 14.6. The van der Waals surface area contributed by atoms with Crippen LogP contribution in [0, 0.1) is 18.6 Å². The van der Waals surface area contributed by atoms with Crippen LogP contribution in [-0.2, 0) is 30.8 Å². The molecule has 3 aromatic rings. The lowest BCUT2D eigenvalue weighted by molar-refractivity contribution is -0.138. The number of hydrogen-bond acceptors (Lipinski definition) is 4. The molecule has 0 N–H and O–H groups in total. The van der Waals surface area contributed by atoms with Crippen molar-refractivity contribution in [3.63, 3.8) is 0 Å². The van der Waals surface area contributed by atoms with Gasteiger partial charge in [-0.1, -0.05) is 42.0 Å². The summed E-state index contributed by atoms with van der Waals surface area (Å²) < 4.78 is 105. The Hall–Kier alpha value is -2.82. The fourth-order valence-electron chi connectivity index (χ4n) is 3.64. The van der Waals surface area contributed by atoms with E-state index in [0.29, 0.717) is 6.07 Å². The normalized spacial score (nSPS) is 20.6. The van der Waals surface area contributed by atoms with Crippen LogP contribution in [0.25, 0.3) is 0 Å². The third-order valence-corrected chi connectivity index (χ3v) is 6.65. The van der Waals surface area contributed by atoms with Crippen LogP contribution < -0.4 is 0 Å². The molecule has 1 heterocycles. The van der Waals surface area contributed by atoms with Gasteiger partial charge in [0.2, 0.25) is 0 Å². The minimum atomic E-state index is -4.73. The first-order valence-electron chi connectivity index (χ1n) is 9.70. The number of ether oxygens (including phenoxy) is 1. The second-order valence-electron chi connectivity index (χ2n) is 7.63. The van der Waals surface area contributed by atoms with Crippen LogP contribution >= 0.6 is 0 Å². The molecule has 0 aromatic heterocycles. The Kier molecular flexibility index (Phi) is 5.80. The van der Waals surface area contributed by atoms with Gasteiger partial charge >= 0.3 is 6.18 Å². The molecule has 10 heteroatoms. The van der Waals surface area contributed by atoms with Gasteiger partial charge in [0.25, 0.3) is 10.1 Å². The highest BCUT2D eigenvalue weighted by Gasteiger charge is 2.62. The molecule has 0 bridgehead atoms. The van der Waals surface area contributed by atoms with Crippen molar-refractivity contribution in [2.75, 3.05) is 6.61 Å². The third-order valence-electron chi connectivity index (χ3n) is 5.37. The molecule has 1 saturated heterocycles. The van der Waals surface area contributed by atoms with Crippen molar-refractivity contribution in [1.29, 1.82) is 0 Å². The van der Waals surface area contributed by atoms with Crippen LogP contribution in [0.15, 0.2) is 71.6 Å². The molecular weight excluding hydrogens is 467 g/mol. The number of aryl methyl sites for hydroxylation is 1. The molecule has 1 aliphatic rings. The Morgan fingerprint density at radius 2 is 1.67 bits per heavy atom. The van der Waals surface area contributed by atoms with Gasteiger partial charge in [0.1, 0.15) is 24.3 Å². The largest absolute Gasteiger partial charge is 0.416 e. The lowest BCUT2D eigenvalue weighted by Crippen LogP contribution is -2.23. The zero-order valence-corrected chi connectivity index (χ0v) is 17.9. The van der Waals surface area contributed by atoms with Crippen LogP contribution in [0.1, 0.15) is 28.4 Å². The monoisotopic (exact) mass is 484 g/mol. The van der Waals surface area contributed by atoms with Crippen LogP contribution in [-0.4, -0.2) is 15.0 Å². The molecular formula is C23H17F5O4S. The Bertz CT molecular complexity index is 1290. The molecule has 174 valence electrons. The Morgan fingerprint density at radius 1 is 1.00 bits per heavy atom. The Balaban J connectivity index is 1.73. The van der Waals surface area contributed by atoms with Crippen LogP contribution in [0.4, 0.5) is 22.0 Å². The standard InChI is InChI=1S/C23H17F5O4S/c1-14-6-9-16(10-7-14)33(29,30)31-13-22(19-11-8-15(24)12-20(19)25)21(32-22)17-4-2-3-5-18(17)23(26,27)28/h2-12,21H,13H2,1H3. The van der Waals surface area contributed by atoms with E-state index in [1.807, 2.05) is 0 Å². The maximum absolute atomic E-state index is 14.6. The summed E-state index contributed by atoms with van der Waals surface area (Å²) in [5.74, 6) is -2.01. The smallest absolute Gasteiger partial charge is 0.353 e. The van der Waals surface area contributed by atoms with Gasteiger partial charge in [0.05, 0.1) is 10.5 Å². The Labute approximate surface area is 186 Å². The van der Waals surface area contributed by atoms with E-state index in [9.17, 15) is 30.4 Å². The van der Waals surface area contributed by atoms with E-state index < -0.39 is 51.8 Å². The number of epoxide rings is 1. The van der Waals surface area contributed by atoms with Crippen molar-refractivity contribution in [2.24, 2.45) is 0 Å². The van der Waals surface area contributed by atoms with Crippen molar-refractivity contribution in [1.82, 2.24) is 0 Å². The number of halogens is 5. The van der Waals surface area contributed by atoms with E-state index in [0.717, 1.165) is 29.8 Å².